The molecule has 1 N–H and O–H groups in total. The zero-order valence-corrected chi connectivity index (χ0v) is 11.9. The molecular formula is C14H28N2O2. The molecule has 0 spiro atoms. The molecule has 0 bridgehead atoms. The number of amides is 1. The second-order valence-electron chi connectivity index (χ2n) is 5.33. The van der Waals surface area contributed by atoms with E-state index in [1.54, 1.807) is 0 Å². The molecule has 1 heterocycles. The summed E-state index contributed by atoms with van der Waals surface area (Å²) in [5.74, 6) is 0.644. The minimum atomic E-state index is 0.250. The number of likely N-dealkylation sites (tertiary alicyclic amines) is 1. The summed E-state index contributed by atoms with van der Waals surface area (Å²) in [6.45, 7) is 8.63. The van der Waals surface area contributed by atoms with Gasteiger partial charge in [-0.05, 0) is 12.8 Å². The van der Waals surface area contributed by atoms with E-state index in [2.05, 4.69) is 18.7 Å². The van der Waals surface area contributed by atoms with Crippen LogP contribution in [0.4, 0.5) is 0 Å². The van der Waals surface area contributed by atoms with Crippen molar-refractivity contribution in [3.8, 4) is 0 Å². The second kappa shape index (κ2) is 8.48. The molecule has 0 aromatic heterocycles. The monoisotopic (exact) mass is 256 g/mol. The Bertz CT molecular complexity index is 232. The van der Waals surface area contributed by atoms with Gasteiger partial charge in [-0.3, -0.25) is 9.69 Å². The van der Waals surface area contributed by atoms with Gasteiger partial charge in [0.1, 0.15) is 0 Å². The van der Waals surface area contributed by atoms with Gasteiger partial charge in [-0.2, -0.15) is 0 Å². The van der Waals surface area contributed by atoms with Crippen molar-refractivity contribution in [2.24, 2.45) is 5.92 Å². The molecule has 0 saturated carbocycles. The van der Waals surface area contributed by atoms with Crippen molar-refractivity contribution >= 4 is 5.91 Å². The summed E-state index contributed by atoms with van der Waals surface area (Å²) in [7, 11) is 0. The zero-order chi connectivity index (χ0) is 13.4. The van der Waals surface area contributed by atoms with Gasteiger partial charge in [-0.15, -0.1) is 0 Å². The van der Waals surface area contributed by atoms with Gasteiger partial charge < -0.3 is 10.0 Å². The third-order valence-electron chi connectivity index (χ3n) is 3.57. The number of carbonyl (C=O) groups is 1. The molecule has 0 aromatic carbocycles. The summed E-state index contributed by atoms with van der Waals surface area (Å²) in [4.78, 5) is 16.3. The van der Waals surface area contributed by atoms with E-state index in [1.807, 2.05) is 4.90 Å². The topological polar surface area (TPSA) is 43.8 Å². The molecule has 1 amide bonds. The molecule has 0 aliphatic carbocycles. The molecule has 0 atom stereocenters. The van der Waals surface area contributed by atoms with Crippen molar-refractivity contribution in [1.29, 1.82) is 0 Å². The minimum absolute atomic E-state index is 0.250. The number of hydrogen-bond acceptors (Lipinski definition) is 3. The molecule has 0 radical (unpaired) electrons. The lowest BCUT2D eigenvalue weighted by molar-refractivity contribution is -0.134. The number of aliphatic hydroxyl groups is 1. The number of unbranched alkanes of at least 4 members (excludes halogenated alkanes) is 2. The Morgan fingerprint density at radius 2 is 1.78 bits per heavy atom. The molecule has 1 aliphatic heterocycles. The fourth-order valence-electron chi connectivity index (χ4n) is 2.27. The largest absolute Gasteiger partial charge is 0.396 e. The number of nitrogens with zero attached hydrogens (tertiary/aromatic N) is 2. The molecule has 1 aliphatic rings. The van der Waals surface area contributed by atoms with Crippen LogP contribution in [0.2, 0.25) is 0 Å². The molecule has 4 nitrogen and oxygen atoms in total. The van der Waals surface area contributed by atoms with Crippen LogP contribution in [-0.4, -0.2) is 60.1 Å². The van der Waals surface area contributed by atoms with Gasteiger partial charge in [0.25, 0.3) is 0 Å². The minimum Gasteiger partial charge on any atom is -0.396 e. The highest BCUT2D eigenvalue weighted by Gasteiger charge is 2.28. The van der Waals surface area contributed by atoms with Crippen LogP contribution in [0, 0.1) is 5.92 Å². The lowest BCUT2D eigenvalue weighted by Crippen LogP contribution is -2.52. The number of carbonyl (C=O) groups excluding carboxylic acids is 1. The maximum absolute atomic E-state index is 12.2. The Kier molecular flexibility index (Phi) is 7.28. The second-order valence-corrected chi connectivity index (χ2v) is 5.33. The van der Waals surface area contributed by atoms with E-state index in [0.29, 0.717) is 12.5 Å². The predicted octanol–water partition coefficient (Wildman–Crippen LogP) is 1.34. The summed E-state index contributed by atoms with van der Waals surface area (Å²) < 4.78 is 0. The lowest BCUT2D eigenvalue weighted by atomic mass is 10.0. The van der Waals surface area contributed by atoms with Crippen LogP contribution in [0.1, 0.15) is 39.5 Å². The van der Waals surface area contributed by atoms with Crippen LogP contribution in [0.15, 0.2) is 0 Å². The van der Waals surface area contributed by atoms with E-state index in [1.165, 1.54) is 0 Å². The third kappa shape index (κ3) is 4.94. The maximum Gasteiger partial charge on any atom is 0.236 e. The Morgan fingerprint density at radius 3 is 2.22 bits per heavy atom. The summed E-state index contributed by atoms with van der Waals surface area (Å²) in [5.41, 5.74) is 0. The number of rotatable bonds is 9. The first-order valence-corrected chi connectivity index (χ1v) is 7.32. The number of aliphatic hydroxyl groups excluding tert-OH is 1. The van der Waals surface area contributed by atoms with Crippen LogP contribution in [0.5, 0.6) is 0 Å². The molecule has 106 valence electrons. The Hall–Kier alpha value is -0.610. The summed E-state index contributed by atoms with van der Waals surface area (Å²) in [6.07, 6.45) is 4.45. The normalized spacial score (nSPS) is 16.6. The van der Waals surface area contributed by atoms with Crippen LogP contribution in [-0.2, 0) is 4.79 Å². The molecule has 0 aromatic rings. The zero-order valence-electron chi connectivity index (χ0n) is 11.9. The summed E-state index contributed by atoms with van der Waals surface area (Å²) in [5, 5.41) is 8.96. The van der Waals surface area contributed by atoms with Crippen molar-refractivity contribution < 1.29 is 9.90 Å². The fraction of sp³-hybridized carbons (Fsp3) is 0.929. The highest BCUT2D eigenvalue weighted by molar-refractivity contribution is 5.78. The summed E-state index contributed by atoms with van der Waals surface area (Å²) in [6, 6.07) is 0. The van der Waals surface area contributed by atoms with Gasteiger partial charge in [-0.25, -0.2) is 0 Å². The molecule has 1 fully saturated rings. The quantitative estimate of drug-likeness (QED) is 0.677. The molecule has 0 unspecified atom stereocenters. The first-order valence-electron chi connectivity index (χ1n) is 7.32. The smallest absolute Gasteiger partial charge is 0.236 e. The Morgan fingerprint density at radius 1 is 1.22 bits per heavy atom. The van der Waals surface area contributed by atoms with Gasteiger partial charge >= 0.3 is 0 Å². The standard InChI is InChI=1S/C14H28N2O2/c1-3-5-7-16(8-6-4-2)14(18)11-15-9-13(10-15)12-17/h13,17H,3-12H2,1-2H3. The fourth-order valence-corrected chi connectivity index (χ4v) is 2.27. The predicted molar refractivity (Wildman–Crippen MR) is 73.4 cm³/mol. The van der Waals surface area contributed by atoms with Crippen LogP contribution < -0.4 is 0 Å². The van der Waals surface area contributed by atoms with Gasteiger partial charge in [0.15, 0.2) is 0 Å². The van der Waals surface area contributed by atoms with Crippen molar-refractivity contribution in [3.05, 3.63) is 0 Å². The lowest BCUT2D eigenvalue weighted by Gasteiger charge is -2.38. The van der Waals surface area contributed by atoms with Crippen molar-refractivity contribution in [2.75, 3.05) is 39.3 Å². The highest BCUT2D eigenvalue weighted by atomic mass is 16.3. The number of hydrogen-bond donors (Lipinski definition) is 1. The molecule has 4 heteroatoms. The van der Waals surface area contributed by atoms with E-state index in [0.717, 1.165) is 51.9 Å². The highest BCUT2D eigenvalue weighted by Crippen LogP contribution is 2.14. The van der Waals surface area contributed by atoms with Gasteiger partial charge in [-0.1, -0.05) is 26.7 Å². The van der Waals surface area contributed by atoms with E-state index in [9.17, 15) is 4.79 Å². The first kappa shape index (κ1) is 15.4. The summed E-state index contributed by atoms with van der Waals surface area (Å²) >= 11 is 0. The van der Waals surface area contributed by atoms with E-state index in [-0.39, 0.29) is 12.5 Å². The SMILES string of the molecule is CCCCN(CCCC)C(=O)CN1CC(CO)C1. The van der Waals surface area contributed by atoms with Gasteiger partial charge in [0.2, 0.25) is 5.91 Å². The maximum atomic E-state index is 12.2. The van der Waals surface area contributed by atoms with Gasteiger partial charge in [0, 0.05) is 38.7 Å². The van der Waals surface area contributed by atoms with Crippen molar-refractivity contribution in [2.45, 2.75) is 39.5 Å². The van der Waals surface area contributed by atoms with E-state index < -0.39 is 0 Å². The first-order chi connectivity index (χ1) is 8.71. The average Bonchev–Trinajstić information content (AvgIpc) is 2.33. The van der Waals surface area contributed by atoms with Crippen molar-refractivity contribution in [3.63, 3.8) is 0 Å². The third-order valence-corrected chi connectivity index (χ3v) is 3.57. The van der Waals surface area contributed by atoms with Crippen molar-refractivity contribution in [1.82, 2.24) is 9.80 Å². The van der Waals surface area contributed by atoms with Crippen LogP contribution in [0.3, 0.4) is 0 Å². The Labute approximate surface area is 111 Å². The van der Waals surface area contributed by atoms with Gasteiger partial charge in [0.05, 0.1) is 6.54 Å². The molecule has 1 saturated heterocycles. The molecular weight excluding hydrogens is 228 g/mol. The van der Waals surface area contributed by atoms with Crippen LogP contribution in [0.25, 0.3) is 0 Å². The average molecular weight is 256 g/mol. The Balaban J connectivity index is 2.29. The van der Waals surface area contributed by atoms with E-state index in [4.69, 9.17) is 5.11 Å². The van der Waals surface area contributed by atoms with E-state index >= 15 is 0 Å². The molecule has 18 heavy (non-hydrogen) atoms. The van der Waals surface area contributed by atoms with Crippen LogP contribution >= 0.6 is 0 Å². The molecule has 1 rings (SSSR count).